The number of hydrazine groups is 1. The van der Waals surface area contributed by atoms with Crippen LogP contribution < -0.4 is 5.01 Å². The number of carbonyl (C=O) groups is 1. The van der Waals surface area contributed by atoms with E-state index in [2.05, 4.69) is 23.7 Å². The third-order valence-electron chi connectivity index (χ3n) is 5.60. The third kappa shape index (κ3) is 4.21. The van der Waals surface area contributed by atoms with Crippen molar-refractivity contribution < 1.29 is 4.79 Å². The minimum absolute atomic E-state index is 0.0726. The molecular weight excluding hydrogens is 420 g/mol. The van der Waals surface area contributed by atoms with Crippen molar-refractivity contribution in [2.24, 2.45) is 10.9 Å². The molecule has 2 unspecified atom stereocenters. The van der Waals surface area contributed by atoms with Crippen LogP contribution >= 0.6 is 11.6 Å². The van der Waals surface area contributed by atoms with Crippen LogP contribution in [0.25, 0.3) is 5.70 Å². The molecule has 0 N–H and O–H groups in total. The monoisotopic (exact) mass is 446 g/mol. The second kappa shape index (κ2) is 9.05. The van der Waals surface area contributed by atoms with Crippen LogP contribution in [0.3, 0.4) is 0 Å². The van der Waals surface area contributed by atoms with Crippen LogP contribution in [0.2, 0.25) is 0 Å². The van der Waals surface area contributed by atoms with Gasteiger partial charge in [-0.05, 0) is 43.7 Å². The normalized spacial score (nSPS) is 24.6. The second-order valence-corrected chi connectivity index (χ2v) is 8.64. The number of anilines is 1. The van der Waals surface area contributed by atoms with Gasteiger partial charge in [0.25, 0.3) is 0 Å². The van der Waals surface area contributed by atoms with Gasteiger partial charge in [-0.2, -0.15) is 0 Å². The number of halogens is 1. The second-order valence-electron chi connectivity index (χ2n) is 8.14. The van der Waals surface area contributed by atoms with E-state index in [4.69, 9.17) is 16.6 Å². The molecule has 1 amide bonds. The van der Waals surface area contributed by atoms with E-state index in [0.717, 1.165) is 34.2 Å². The van der Waals surface area contributed by atoms with Gasteiger partial charge in [0.15, 0.2) is 5.82 Å². The number of carbonyl (C=O) groups excluding carboxylic acids is 1. The highest BCUT2D eigenvalue weighted by molar-refractivity contribution is 6.23. The largest absolute Gasteiger partial charge is 0.322 e. The van der Waals surface area contributed by atoms with Gasteiger partial charge in [0, 0.05) is 30.4 Å². The highest BCUT2D eigenvalue weighted by Crippen LogP contribution is 2.43. The van der Waals surface area contributed by atoms with Crippen molar-refractivity contribution in [3.8, 4) is 0 Å². The van der Waals surface area contributed by atoms with Crippen LogP contribution in [0, 0.1) is 5.92 Å². The predicted octanol–water partition coefficient (Wildman–Crippen LogP) is 5.63. The van der Waals surface area contributed by atoms with Gasteiger partial charge in [-0.3, -0.25) is 4.79 Å². The van der Waals surface area contributed by atoms with E-state index < -0.39 is 0 Å². The molecule has 0 aromatic heterocycles. The molecule has 1 aliphatic carbocycles. The molecule has 1 aromatic rings. The molecule has 0 saturated heterocycles. The molecule has 4 rings (SSSR count). The number of aliphatic imine (C=N–C) groups is 1. The number of hydrogen-bond acceptors (Lipinski definition) is 4. The summed E-state index contributed by atoms with van der Waals surface area (Å²) in [4.78, 5) is 19.1. The fraction of sp³-hybridized carbons (Fsp3) is 0.231. The van der Waals surface area contributed by atoms with E-state index in [1.165, 1.54) is 0 Å². The SMILES string of the molecule is C=C1c2ccccc2N(C2=CC=CC(Cl)C=C2)N1C1=C/C=C/N(C)C(=O)C(C)CC(C)=N1. The van der Waals surface area contributed by atoms with Gasteiger partial charge < -0.3 is 4.90 Å². The molecule has 0 spiro atoms. The van der Waals surface area contributed by atoms with Gasteiger partial charge in [-0.25, -0.2) is 15.0 Å². The summed E-state index contributed by atoms with van der Waals surface area (Å²) < 4.78 is 0. The molecule has 3 aliphatic rings. The van der Waals surface area contributed by atoms with Crippen molar-refractivity contribution >= 4 is 34.6 Å². The van der Waals surface area contributed by atoms with Gasteiger partial charge >= 0.3 is 0 Å². The van der Waals surface area contributed by atoms with Crippen molar-refractivity contribution in [2.45, 2.75) is 25.6 Å². The topological polar surface area (TPSA) is 39.1 Å². The van der Waals surface area contributed by atoms with Crippen LogP contribution in [0.5, 0.6) is 0 Å². The van der Waals surface area contributed by atoms with Crippen molar-refractivity contribution in [1.29, 1.82) is 0 Å². The fourth-order valence-corrected chi connectivity index (χ4v) is 4.21. The van der Waals surface area contributed by atoms with E-state index in [0.29, 0.717) is 6.42 Å². The Hall–Kier alpha value is -3.31. The lowest BCUT2D eigenvalue weighted by Gasteiger charge is -2.33. The molecule has 1 aromatic carbocycles. The van der Waals surface area contributed by atoms with Crippen molar-refractivity contribution in [2.75, 3.05) is 12.1 Å². The highest BCUT2D eigenvalue weighted by atomic mass is 35.5. The van der Waals surface area contributed by atoms with Crippen molar-refractivity contribution in [1.82, 2.24) is 9.91 Å². The van der Waals surface area contributed by atoms with E-state index in [1.54, 1.807) is 18.1 Å². The summed E-state index contributed by atoms with van der Waals surface area (Å²) in [5.41, 5.74) is 4.72. The summed E-state index contributed by atoms with van der Waals surface area (Å²) >= 11 is 6.31. The maximum absolute atomic E-state index is 12.5. The Kier molecular flexibility index (Phi) is 6.19. The Bertz CT molecular complexity index is 1120. The molecule has 5 nitrogen and oxygen atoms in total. The van der Waals surface area contributed by atoms with Gasteiger partial charge in [-0.15, -0.1) is 11.6 Å². The summed E-state index contributed by atoms with van der Waals surface area (Å²) in [6, 6.07) is 8.16. The number of hydrogen-bond donors (Lipinski definition) is 0. The first-order valence-electron chi connectivity index (χ1n) is 10.7. The average molecular weight is 447 g/mol. The van der Waals surface area contributed by atoms with Crippen molar-refractivity contribution in [3.63, 3.8) is 0 Å². The number of benzene rings is 1. The number of allylic oxidation sites excluding steroid dienone is 7. The lowest BCUT2D eigenvalue weighted by molar-refractivity contribution is -0.131. The first-order valence-corrected chi connectivity index (χ1v) is 11.1. The smallest absolute Gasteiger partial charge is 0.229 e. The number of amides is 1. The zero-order valence-corrected chi connectivity index (χ0v) is 19.3. The lowest BCUT2D eigenvalue weighted by Crippen LogP contribution is -2.35. The van der Waals surface area contributed by atoms with E-state index in [9.17, 15) is 4.79 Å². The van der Waals surface area contributed by atoms with Crippen molar-refractivity contribution in [3.05, 3.63) is 96.7 Å². The Balaban J connectivity index is 1.84. The van der Waals surface area contributed by atoms with Crippen LogP contribution in [-0.2, 0) is 4.79 Å². The Morgan fingerprint density at radius 1 is 1.12 bits per heavy atom. The van der Waals surface area contributed by atoms with E-state index in [1.807, 2.05) is 73.5 Å². The van der Waals surface area contributed by atoms with E-state index in [-0.39, 0.29) is 17.2 Å². The van der Waals surface area contributed by atoms with Crippen LogP contribution in [-0.4, -0.2) is 34.0 Å². The van der Waals surface area contributed by atoms with Gasteiger partial charge in [0.05, 0.1) is 22.5 Å². The molecule has 2 heterocycles. The first-order chi connectivity index (χ1) is 15.4. The molecule has 2 atom stereocenters. The minimum atomic E-state index is -0.163. The Morgan fingerprint density at radius 3 is 2.72 bits per heavy atom. The van der Waals surface area contributed by atoms with Crippen LogP contribution in [0.15, 0.2) is 96.1 Å². The molecule has 2 aliphatic heterocycles. The Labute approximate surface area is 194 Å². The molecule has 0 fully saturated rings. The third-order valence-corrected chi connectivity index (χ3v) is 5.90. The maximum Gasteiger partial charge on any atom is 0.229 e. The summed E-state index contributed by atoms with van der Waals surface area (Å²) in [6.45, 7) is 8.29. The standard InChI is InChI=1S/C26H27ClN4O/c1-18-17-19(2)28-25(13-8-16-29(4)26(18)32)30-20(3)23-11-5-6-12-24(23)31(30)22-10-7-9-21(27)14-15-22/h5-16,18,21H,3,17H2,1-2,4H3/b16-8+,25-13?,28-19?. The summed E-state index contributed by atoms with van der Waals surface area (Å²) in [5, 5.41) is 3.96. The van der Waals surface area contributed by atoms with Crippen LogP contribution in [0.4, 0.5) is 5.69 Å². The maximum atomic E-state index is 12.5. The molecule has 0 radical (unpaired) electrons. The fourth-order valence-electron chi connectivity index (χ4n) is 4.06. The Morgan fingerprint density at radius 2 is 1.91 bits per heavy atom. The molecule has 0 saturated carbocycles. The number of nitrogens with zero attached hydrogens (tertiary/aromatic N) is 4. The van der Waals surface area contributed by atoms with Gasteiger partial charge in [0.1, 0.15) is 0 Å². The highest BCUT2D eigenvalue weighted by Gasteiger charge is 2.34. The predicted molar refractivity (Wildman–Crippen MR) is 133 cm³/mol. The number of alkyl halides is 1. The molecule has 164 valence electrons. The van der Waals surface area contributed by atoms with Gasteiger partial charge in [-0.1, -0.05) is 49.9 Å². The quantitative estimate of drug-likeness (QED) is 0.553. The number of rotatable bonds is 2. The molecule has 32 heavy (non-hydrogen) atoms. The summed E-state index contributed by atoms with van der Waals surface area (Å²) in [7, 11) is 1.78. The number of fused-ring (bicyclic) bond motifs is 1. The zero-order valence-electron chi connectivity index (χ0n) is 18.6. The van der Waals surface area contributed by atoms with Crippen LogP contribution in [0.1, 0.15) is 25.8 Å². The minimum Gasteiger partial charge on any atom is -0.322 e. The zero-order chi connectivity index (χ0) is 22.8. The first kappa shape index (κ1) is 21.9. The lowest BCUT2D eigenvalue weighted by atomic mass is 10.0. The number of para-hydroxylation sites is 1. The molecular formula is C26H27ClN4O. The molecule has 0 bridgehead atoms. The summed E-state index contributed by atoms with van der Waals surface area (Å²) in [5.74, 6) is 0.643. The van der Waals surface area contributed by atoms with Gasteiger partial charge in [0.2, 0.25) is 5.91 Å². The molecule has 6 heteroatoms. The van der Waals surface area contributed by atoms with E-state index >= 15 is 0 Å². The summed E-state index contributed by atoms with van der Waals surface area (Å²) in [6.07, 6.45) is 16.0. The average Bonchev–Trinajstić information content (AvgIpc) is 2.90.